The molecule has 9 heteroatoms. The molecule has 1 unspecified atom stereocenters. The molecule has 0 aromatic heterocycles. The Balaban J connectivity index is 1.40. The molecule has 8 nitrogen and oxygen atoms in total. The summed E-state index contributed by atoms with van der Waals surface area (Å²) in [6.07, 6.45) is 0.504. The van der Waals surface area contributed by atoms with Gasteiger partial charge >= 0.3 is 6.03 Å². The number of imide groups is 1. The van der Waals surface area contributed by atoms with Gasteiger partial charge in [-0.25, -0.2) is 9.18 Å². The number of piperidine rings is 1. The highest BCUT2D eigenvalue weighted by molar-refractivity contribution is 6.05. The van der Waals surface area contributed by atoms with Gasteiger partial charge < -0.3 is 15.5 Å². The summed E-state index contributed by atoms with van der Waals surface area (Å²) in [5.74, 6) is -1.50. The molecule has 2 heterocycles. The maximum Gasteiger partial charge on any atom is 0.319 e. The van der Waals surface area contributed by atoms with E-state index in [1.54, 1.807) is 31.2 Å². The fourth-order valence-electron chi connectivity index (χ4n) is 3.79. The van der Waals surface area contributed by atoms with Crippen LogP contribution in [0.15, 0.2) is 36.4 Å². The van der Waals surface area contributed by atoms with E-state index in [9.17, 15) is 23.6 Å². The SMILES string of the molecule is Cc1ccc(F)cc1NC(=O)NCc1ccc2c(c1)C(=O)N(C1CCC(=O)NC1=O)C2. The van der Waals surface area contributed by atoms with Crippen LogP contribution in [0.1, 0.15) is 39.9 Å². The molecular weight excluding hydrogens is 403 g/mol. The number of aryl methyl sites for hydroxylation is 1. The highest BCUT2D eigenvalue weighted by Gasteiger charge is 2.39. The monoisotopic (exact) mass is 424 g/mol. The number of hydrogen-bond donors (Lipinski definition) is 3. The predicted molar refractivity (Wildman–Crippen MR) is 109 cm³/mol. The van der Waals surface area contributed by atoms with Crippen molar-refractivity contribution in [3.63, 3.8) is 0 Å². The predicted octanol–water partition coefficient (Wildman–Crippen LogP) is 2.22. The molecule has 3 N–H and O–H groups in total. The molecule has 160 valence electrons. The van der Waals surface area contributed by atoms with E-state index in [4.69, 9.17) is 0 Å². The molecule has 0 aliphatic carbocycles. The Kier molecular flexibility index (Phi) is 5.41. The van der Waals surface area contributed by atoms with Gasteiger partial charge in [0.15, 0.2) is 0 Å². The standard InChI is InChI=1S/C22H21FN4O4/c1-12-2-5-15(23)9-17(12)25-22(31)24-10-13-3-4-14-11-27(21(30)16(14)8-13)18-6-7-19(28)26-20(18)29/h2-5,8-9,18H,6-7,10-11H2,1H3,(H2,24,25,31)(H,26,28,29). The normalized spacial score (nSPS) is 17.9. The zero-order valence-corrected chi connectivity index (χ0v) is 16.8. The number of carbonyl (C=O) groups is 4. The number of anilines is 1. The van der Waals surface area contributed by atoms with Crippen molar-refractivity contribution in [1.82, 2.24) is 15.5 Å². The largest absolute Gasteiger partial charge is 0.334 e. The highest BCUT2D eigenvalue weighted by Crippen LogP contribution is 2.28. The van der Waals surface area contributed by atoms with Crippen LogP contribution in [-0.2, 0) is 22.7 Å². The number of carbonyl (C=O) groups excluding carboxylic acids is 4. The molecule has 5 amide bonds. The average Bonchev–Trinajstić information content (AvgIpc) is 3.05. The van der Waals surface area contributed by atoms with Crippen molar-refractivity contribution in [2.45, 2.75) is 38.9 Å². The molecule has 1 fully saturated rings. The zero-order chi connectivity index (χ0) is 22.1. The minimum Gasteiger partial charge on any atom is -0.334 e. The van der Waals surface area contributed by atoms with Crippen molar-refractivity contribution >= 4 is 29.4 Å². The Morgan fingerprint density at radius 3 is 2.77 bits per heavy atom. The van der Waals surface area contributed by atoms with Crippen LogP contribution in [0.5, 0.6) is 0 Å². The van der Waals surface area contributed by atoms with Crippen LogP contribution in [0.2, 0.25) is 0 Å². The maximum absolute atomic E-state index is 13.4. The van der Waals surface area contributed by atoms with E-state index < -0.39 is 23.8 Å². The van der Waals surface area contributed by atoms with Crippen LogP contribution >= 0.6 is 0 Å². The Labute approximate surface area is 177 Å². The summed E-state index contributed by atoms with van der Waals surface area (Å²) in [5, 5.41) is 7.57. The molecule has 31 heavy (non-hydrogen) atoms. The summed E-state index contributed by atoms with van der Waals surface area (Å²) in [7, 11) is 0. The number of urea groups is 1. The molecule has 0 spiro atoms. The summed E-state index contributed by atoms with van der Waals surface area (Å²) in [4.78, 5) is 50.0. The number of amides is 5. The van der Waals surface area contributed by atoms with Gasteiger partial charge in [0.25, 0.3) is 5.91 Å². The van der Waals surface area contributed by atoms with Crippen molar-refractivity contribution in [1.29, 1.82) is 0 Å². The lowest BCUT2D eigenvalue weighted by atomic mass is 10.0. The number of rotatable bonds is 4. The molecule has 1 atom stereocenters. The van der Waals surface area contributed by atoms with Gasteiger partial charge in [0.1, 0.15) is 11.9 Å². The highest BCUT2D eigenvalue weighted by atomic mass is 19.1. The molecule has 2 aromatic rings. The van der Waals surface area contributed by atoms with Gasteiger partial charge in [-0.2, -0.15) is 0 Å². The second-order valence-electron chi connectivity index (χ2n) is 7.66. The fraction of sp³-hybridized carbons (Fsp3) is 0.273. The van der Waals surface area contributed by atoms with E-state index in [1.807, 2.05) is 0 Å². The lowest BCUT2D eigenvalue weighted by molar-refractivity contribution is -0.136. The minimum atomic E-state index is -0.667. The summed E-state index contributed by atoms with van der Waals surface area (Å²) in [5.41, 5.74) is 3.08. The third-order valence-corrected chi connectivity index (χ3v) is 5.49. The number of halogens is 1. The first-order chi connectivity index (χ1) is 14.8. The number of nitrogens with zero attached hydrogens (tertiary/aromatic N) is 1. The molecule has 1 saturated heterocycles. The Morgan fingerprint density at radius 1 is 1.19 bits per heavy atom. The van der Waals surface area contributed by atoms with Crippen LogP contribution in [-0.4, -0.2) is 34.7 Å². The van der Waals surface area contributed by atoms with E-state index in [0.717, 1.165) is 11.1 Å². The molecule has 2 aliphatic rings. The third kappa shape index (κ3) is 4.25. The molecule has 2 aliphatic heterocycles. The van der Waals surface area contributed by atoms with Gasteiger partial charge in [-0.05, 0) is 48.2 Å². The first-order valence-electron chi connectivity index (χ1n) is 9.89. The van der Waals surface area contributed by atoms with E-state index in [2.05, 4.69) is 16.0 Å². The van der Waals surface area contributed by atoms with Crippen LogP contribution in [0.4, 0.5) is 14.9 Å². The second kappa shape index (κ2) is 8.17. The lowest BCUT2D eigenvalue weighted by Gasteiger charge is -2.29. The Morgan fingerprint density at radius 2 is 2.00 bits per heavy atom. The molecule has 4 rings (SSSR count). The Bertz CT molecular complexity index is 1100. The van der Waals surface area contributed by atoms with Gasteiger partial charge in [0.05, 0.1) is 0 Å². The quantitative estimate of drug-likeness (QED) is 0.654. The van der Waals surface area contributed by atoms with Crippen LogP contribution in [0.3, 0.4) is 0 Å². The fourth-order valence-corrected chi connectivity index (χ4v) is 3.79. The molecule has 2 aromatic carbocycles. The van der Waals surface area contributed by atoms with Crippen molar-refractivity contribution in [2.75, 3.05) is 5.32 Å². The van der Waals surface area contributed by atoms with E-state index >= 15 is 0 Å². The molecule has 0 saturated carbocycles. The zero-order valence-electron chi connectivity index (χ0n) is 16.8. The van der Waals surface area contributed by atoms with Crippen LogP contribution in [0, 0.1) is 12.7 Å². The van der Waals surface area contributed by atoms with Crippen molar-refractivity contribution in [3.05, 3.63) is 64.5 Å². The van der Waals surface area contributed by atoms with Gasteiger partial charge in [-0.3, -0.25) is 19.7 Å². The summed E-state index contributed by atoms with van der Waals surface area (Å²) >= 11 is 0. The van der Waals surface area contributed by atoms with Crippen LogP contribution < -0.4 is 16.0 Å². The molecule has 0 radical (unpaired) electrons. The summed E-state index contributed by atoms with van der Waals surface area (Å²) in [6.45, 7) is 2.22. The number of nitrogens with one attached hydrogen (secondary N) is 3. The first-order valence-corrected chi connectivity index (χ1v) is 9.89. The summed E-state index contributed by atoms with van der Waals surface area (Å²) < 4.78 is 13.4. The number of hydrogen-bond acceptors (Lipinski definition) is 4. The maximum atomic E-state index is 13.4. The number of fused-ring (bicyclic) bond motifs is 1. The van der Waals surface area contributed by atoms with Crippen LogP contribution in [0.25, 0.3) is 0 Å². The average molecular weight is 424 g/mol. The Hall–Kier alpha value is -3.75. The first kappa shape index (κ1) is 20.5. The van der Waals surface area contributed by atoms with Gasteiger partial charge in [-0.1, -0.05) is 18.2 Å². The van der Waals surface area contributed by atoms with Gasteiger partial charge in [0, 0.05) is 30.8 Å². The van der Waals surface area contributed by atoms with Gasteiger partial charge in [0.2, 0.25) is 11.8 Å². The van der Waals surface area contributed by atoms with E-state index in [0.29, 0.717) is 29.8 Å². The van der Waals surface area contributed by atoms with Crippen molar-refractivity contribution < 1.29 is 23.6 Å². The lowest BCUT2D eigenvalue weighted by Crippen LogP contribution is -2.52. The van der Waals surface area contributed by atoms with Crippen molar-refractivity contribution in [2.24, 2.45) is 0 Å². The van der Waals surface area contributed by atoms with Gasteiger partial charge in [-0.15, -0.1) is 0 Å². The minimum absolute atomic E-state index is 0.166. The summed E-state index contributed by atoms with van der Waals surface area (Å²) in [6, 6.07) is 8.26. The smallest absolute Gasteiger partial charge is 0.319 e. The number of benzene rings is 2. The van der Waals surface area contributed by atoms with E-state index in [-0.39, 0.29) is 24.8 Å². The third-order valence-electron chi connectivity index (χ3n) is 5.49. The molecule has 0 bridgehead atoms. The second-order valence-corrected chi connectivity index (χ2v) is 7.66. The molecular formula is C22H21FN4O4. The van der Waals surface area contributed by atoms with Crippen molar-refractivity contribution in [3.8, 4) is 0 Å². The van der Waals surface area contributed by atoms with E-state index in [1.165, 1.54) is 17.0 Å². The topological polar surface area (TPSA) is 108 Å².